The maximum absolute atomic E-state index is 13.3. The second-order valence-electron chi connectivity index (χ2n) is 8.00. The van der Waals surface area contributed by atoms with Crippen LogP contribution in [0.15, 0.2) is 77.7 Å². The maximum atomic E-state index is 13.3. The molecule has 0 spiro atoms. The zero-order chi connectivity index (χ0) is 24.0. The fraction of sp³-hybridized carbons (Fsp3) is 0.269. The van der Waals surface area contributed by atoms with E-state index in [1.165, 1.54) is 26.2 Å². The Kier molecular flexibility index (Phi) is 7.89. The van der Waals surface area contributed by atoms with E-state index >= 15 is 0 Å². The van der Waals surface area contributed by atoms with Crippen molar-refractivity contribution >= 4 is 15.9 Å². The molecule has 0 aliphatic carbocycles. The van der Waals surface area contributed by atoms with Gasteiger partial charge in [-0.15, -0.1) is 0 Å². The van der Waals surface area contributed by atoms with Gasteiger partial charge in [0.25, 0.3) is 5.91 Å². The minimum Gasteiger partial charge on any atom is -0.489 e. The molecule has 0 bridgehead atoms. The molecule has 0 saturated heterocycles. The molecule has 174 valence electrons. The number of aryl methyl sites for hydroxylation is 1. The van der Waals surface area contributed by atoms with E-state index in [4.69, 9.17) is 4.74 Å². The molecule has 0 aliphatic heterocycles. The molecule has 0 fully saturated rings. The van der Waals surface area contributed by atoms with Gasteiger partial charge in [0.1, 0.15) is 12.4 Å². The van der Waals surface area contributed by atoms with Crippen molar-refractivity contribution in [1.29, 1.82) is 0 Å². The second-order valence-corrected chi connectivity index (χ2v) is 10.2. The summed E-state index contributed by atoms with van der Waals surface area (Å²) in [5, 5.41) is 0. The third-order valence-electron chi connectivity index (χ3n) is 5.43. The second kappa shape index (κ2) is 10.6. The van der Waals surface area contributed by atoms with E-state index in [0.717, 1.165) is 26.7 Å². The third-order valence-corrected chi connectivity index (χ3v) is 7.24. The predicted molar refractivity (Wildman–Crippen MR) is 130 cm³/mol. The largest absolute Gasteiger partial charge is 0.489 e. The van der Waals surface area contributed by atoms with Crippen molar-refractivity contribution < 1.29 is 17.9 Å². The Balaban J connectivity index is 1.72. The van der Waals surface area contributed by atoms with Crippen molar-refractivity contribution in [1.82, 2.24) is 9.21 Å². The number of hydrogen-bond acceptors (Lipinski definition) is 4. The summed E-state index contributed by atoms with van der Waals surface area (Å²) < 4.78 is 32.0. The Morgan fingerprint density at radius 3 is 2.18 bits per heavy atom. The van der Waals surface area contributed by atoms with Crippen molar-refractivity contribution in [3.8, 4) is 5.75 Å². The van der Waals surface area contributed by atoms with Crippen LogP contribution in [0.25, 0.3) is 0 Å². The first-order valence-electron chi connectivity index (χ1n) is 10.8. The number of carbonyl (C=O) groups excluding carboxylic acids is 1. The minimum absolute atomic E-state index is 0.109. The standard InChI is InChI=1S/C26H30N2O4S/c1-5-28(26(29)25-17-24(16-11-20(25)2)33(30,31)27(3)4)18-21-12-14-23(15-13-21)32-19-22-9-7-6-8-10-22/h6-17H,5,18-19H2,1-4H3. The predicted octanol–water partition coefficient (Wildman–Crippen LogP) is 4.49. The molecule has 3 rings (SSSR count). The van der Waals surface area contributed by atoms with Crippen LogP contribution in [-0.4, -0.2) is 44.2 Å². The average Bonchev–Trinajstić information content (AvgIpc) is 2.82. The topological polar surface area (TPSA) is 66.9 Å². The molecule has 0 aromatic heterocycles. The van der Waals surface area contributed by atoms with Crippen molar-refractivity contribution in [2.75, 3.05) is 20.6 Å². The molecule has 0 heterocycles. The molecule has 3 aromatic rings. The summed E-state index contributed by atoms with van der Waals surface area (Å²) >= 11 is 0. The lowest BCUT2D eigenvalue weighted by Gasteiger charge is -2.23. The molecule has 0 N–H and O–H groups in total. The van der Waals surface area contributed by atoms with E-state index in [-0.39, 0.29) is 10.8 Å². The van der Waals surface area contributed by atoms with E-state index in [1.807, 2.05) is 68.4 Å². The zero-order valence-electron chi connectivity index (χ0n) is 19.5. The molecule has 0 unspecified atom stereocenters. The number of ether oxygens (including phenoxy) is 1. The fourth-order valence-electron chi connectivity index (χ4n) is 3.35. The summed E-state index contributed by atoms with van der Waals surface area (Å²) in [7, 11) is -0.674. The van der Waals surface area contributed by atoms with Gasteiger partial charge in [-0.05, 0) is 54.8 Å². The van der Waals surface area contributed by atoms with Crippen molar-refractivity contribution in [3.63, 3.8) is 0 Å². The molecule has 6 nitrogen and oxygen atoms in total. The van der Waals surface area contributed by atoms with Crippen LogP contribution in [0.5, 0.6) is 5.75 Å². The highest BCUT2D eigenvalue weighted by Crippen LogP contribution is 2.21. The SMILES string of the molecule is CCN(Cc1ccc(OCc2ccccc2)cc1)C(=O)c1cc(S(=O)(=O)N(C)C)ccc1C. The molecule has 0 radical (unpaired) electrons. The van der Waals surface area contributed by atoms with Crippen LogP contribution in [0.3, 0.4) is 0 Å². The number of nitrogens with zero attached hydrogens (tertiary/aromatic N) is 2. The van der Waals surface area contributed by atoms with Gasteiger partial charge >= 0.3 is 0 Å². The molecule has 0 atom stereocenters. The van der Waals surface area contributed by atoms with Gasteiger partial charge in [-0.25, -0.2) is 12.7 Å². The van der Waals surface area contributed by atoms with Crippen LogP contribution >= 0.6 is 0 Å². The third kappa shape index (κ3) is 6.00. The van der Waals surface area contributed by atoms with Gasteiger partial charge in [0, 0.05) is 32.7 Å². The molecular weight excluding hydrogens is 436 g/mol. The summed E-state index contributed by atoms with van der Waals surface area (Å²) in [6.45, 7) is 5.12. The Morgan fingerprint density at radius 1 is 0.909 bits per heavy atom. The van der Waals surface area contributed by atoms with Gasteiger partial charge in [-0.2, -0.15) is 0 Å². The lowest BCUT2D eigenvalue weighted by Crippen LogP contribution is -2.31. The highest BCUT2D eigenvalue weighted by atomic mass is 32.2. The monoisotopic (exact) mass is 466 g/mol. The number of hydrogen-bond donors (Lipinski definition) is 0. The Morgan fingerprint density at radius 2 is 1.58 bits per heavy atom. The number of rotatable bonds is 9. The summed E-state index contributed by atoms with van der Waals surface area (Å²) in [6, 6.07) is 22.3. The molecule has 33 heavy (non-hydrogen) atoms. The highest BCUT2D eigenvalue weighted by Gasteiger charge is 2.22. The summed E-state index contributed by atoms with van der Waals surface area (Å²) in [5.74, 6) is 0.560. The van der Waals surface area contributed by atoms with Crippen LogP contribution in [0.4, 0.5) is 0 Å². The quantitative estimate of drug-likeness (QED) is 0.466. The summed E-state index contributed by atoms with van der Waals surface area (Å²) in [5.41, 5.74) is 3.19. The maximum Gasteiger partial charge on any atom is 0.254 e. The Bertz CT molecular complexity index is 1190. The minimum atomic E-state index is -3.62. The number of amides is 1. The van der Waals surface area contributed by atoms with Crippen LogP contribution in [0.1, 0.15) is 34.0 Å². The van der Waals surface area contributed by atoms with Crippen LogP contribution < -0.4 is 4.74 Å². The highest BCUT2D eigenvalue weighted by molar-refractivity contribution is 7.89. The number of benzene rings is 3. The molecule has 0 aliphatic rings. The molecule has 1 amide bonds. The van der Waals surface area contributed by atoms with Gasteiger partial charge in [0.15, 0.2) is 0 Å². The van der Waals surface area contributed by atoms with Crippen LogP contribution in [0, 0.1) is 6.92 Å². The lowest BCUT2D eigenvalue weighted by molar-refractivity contribution is 0.0751. The van der Waals surface area contributed by atoms with Gasteiger partial charge in [0.2, 0.25) is 10.0 Å². The molecule has 3 aromatic carbocycles. The summed E-state index contributed by atoms with van der Waals surface area (Å²) in [6.07, 6.45) is 0. The van der Waals surface area contributed by atoms with E-state index < -0.39 is 10.0 Å². The van der Waals surface area contributed by atoms with E-state index in [0.29, 0.717) is 25.3 Å². The number of sulfonamides is 1. The summed E-state index contributed by atoms with van der Waals surface area (Å²) in [4.78, 5) is 15.1. The smallest absolute Gasteiger partial charge is 0.254 e. The van der Waals surface area contributed by atoms with Crippen molar-refractivity contribution in [2.45, 2.75) is 31.9 Å². The molecule has 7 heteroatoms. The van der Waals surface area contributed by atoms with E-state index in [9.17, 15) is 13.2 Å². The lowest BCUT2D eigenvalue weighted by atomic mass is 10.1. The first kappa shape index (κ1) is 24.5. The van der Waals surface area contributed by atoms with E-state index in [2.05, 4.69) is 0 Å². The van der Waals surface area contributed by atoms with Crippen molar-refractivity contribution in [3.05, 3.63) is 95.1 Å². The van der Waals surface area contributed by atoms with Gasteiger partial charge in [-0.1, -0.05) is 48.5 Å². The Hall–Kier alpha value is -3.16. The normalized spacial score (nSPS) is 11.4. The zero-order valence-corrected chi connectivity index (χ0v) is 20.3. The average molecular weight is 467 g/mol. The van der Waals surface area contributed by atoms with Gasteiger partial charge in [-0.3, -0.25) is 4.79 Å². The fourth-order valence-corrected chi connectivity index (χ4v) is 4.28. The van der Waals surface area contributed by atoms with Gasteiger partial charge in [0.05, 0.1) is 4.90 Å². The molecule has 0 saturated carbocycles. The Labute approximate surface area is 196 Å². The number of carbonyl (C=O) groups is 1. The van der Waals surface area contributed by atoms with E-state index in [1.54, 1.807) is 11.0 Å². The van der Waals surface area contributed by atoms with Gasteiger partial charge < -0.3 is 9.64 Å². The first-order chi connectivity index (χ1) is 15.7. The molecular formula is C26H30N2O4S. The first-order valence-corrected chi connectivity index (χ1v) is 12.2. The van der Waals surface area contributed by atoms with Crippen LogP contribution in [0.2, 0.25) is 0 Å². The van der Waals surface area contributed by atoms with Crippen LogP contribution in [-0.2, 0) is 23.2 Å². The van der Waals surface area contributed by atoms with Crippen molar-refractivity contribution in [2.24, 2.45) is 0 Å².